The summed E-state index contributed by atoms with van der Waals surface area (Å²) >= 11 is 0. The number of carbonyl (C=O) groups is 1. The van der Waals surface area contributed by atoms with Crippen molar-refractivity contribution in [3.8, 4) is 0 Å². The van der Waals surface area contributed by atoms with Crippen LogP contribution in [0.2, 0.25) is 0 Å². The van der Waals surface area contributed by atoms with E-state index in [1.54, 1.807) is 11.2 Å². The van der Waals surface area contributed by atoms with Gasteiger partial charge in [0.25, 0.3) is 0 Å². The smallest absolute Gasteiger partial charge is 0.246 e. The molecule has 0 saturated carbocycles. The molecule has 27 heavy (non-hydrogen) atoms. The lowest BCUT2D eigenvalue weighted by Crippen LogP contribution is -2.41. The molecule has 0 N–H and O–H groups in total. The summed E-state index contributed by atoms with van der Waals surface area (Å²) in [6.07, 6.45) is 8.05. The van der Waals surface area contributed by atoms with E-state index in [-0.39, 0.29) is 17.9 Å². The number of halogens is 1. The summed E-state index contributed by atoms with van der Waals surface area (Å²) in [5.74, 6) is 0.0179. The summed E-state index contributed by atoms with van der Waals surface area (Å²) in [6, 6.07) is 3.89. The summed E-state index contributed by atoms with van der Waals surface area (Å²) in [4.78, 5) is 27.4. The number of rotatable bonds is 3. The fourth-order valence-corrected chi connectivity index (χ4v) is 3.56. The quantitative estimate of drug-likeness (QED) is 0.832. The van der Waals surface area contributed by atoms with Gasteiger partial charge in [-0.15, -0.1) is 0 Å². The average Bonchev–Trinajstić information content (AvgIpc) is 3.18. The Morgan fingerprint density at radius 2 is 1.85 bits per heavy atom. The predicted molar refractivity (Wildman–Crippen MR) is 98.6 cm³/mol. The van der Waals surface area contributed by atoms with E-state index in [1.165, 1.54) is 12.4 Å². The number of hydrogen-bond donors (Lipinski definition) is 0. The third-order valence-corrected chi connectivity index (χ3v) is 5.11. The van der Waals surface area contributed by atoms with E-state index in [0.29, 0.717) is 38.3 Å². The first-order valence-electron chi connectivity index (χ1n) is 9.12. The third kappa shape index (κ3) is 3.65. The number of hydrogen-bond acceptors (Lipinski definition) is 6. The van der Waals surface area contributed by atoms with Crippen molar-refractivity contribution in [3.63, 3.8) is 0 Å². The number of hydrazone groups is 1. The van der Waals surface area contributed by atoms with Crippen molar-refractivity contribution in [3.05, 3.63) is 47.8 Å². The van der Waals surface area contributed by atoms with Gasteiger partial charge in [0.15, 0.2) is 5.82 Å². The molecule has 0 radical (unpaired) electrons. The number of anilines is 1. The Kier molecular flexibility index (Phi) is 4.79. The molecule has 0 aliphatic carbocycles. The Morgan fingerprint density at radius 1 is 1.11 bits per heavy atom. The van der Waals surface area contributed by atoms with Crippen LogP contribution >= 0.6 is 0 Å². The molecule has 2 aliphatic heterocycles. The fourth-order valence-electron chi connectivity index (χ4n) is 3.56. The van der Waals surface area contributed by atoms with Gasteiger partial charge in [0, 0.05) is 43.5 Å². The van der Waals surface area contributed by atoms with E-state index in [0.717, 1.165) is 11.3 Å². The van der Waals surface area contributed by atoms with Gasteiger partial charge >= 0.3 is 0 Å². The van der Waals surface area contributed by atoms with Crippen LogP contribution in [0, 0.1) is 18.7 Å². The summed E-state index contributed by atoms with van der Waals surface area (Å²) in [5.41, 5.74) is 1.95. The lowest BCUT2D eigenvalue weighted by molar-refractivity contribution is -0.138. The molecule has 1 amide bonds. The zero-order valence-corrected chi connectivity index (χ0v) is 15.1. The molecule has 140 valence electrons. The van der Waals surface area contributed by atoms with Crippen molar-refractivity contribution in [1.82, 2.24) is 20.0 Å². The number of carbonyl (C=O) groups excluding carboxylic acids is 1. The second-order valence-corrected chi connectivity index (χ2v) is 6.93. The van der Waals surface area contributed by atoms with Crippen LogP contribution in [0.4, 0.5) is 10.3 Å². The zero-order chi connectivity index (χ0) is 18.8. The second-order valence-electron chi connectivity index (χ2n) is 6.93. The standard InChI is InChI=1S/C19H21FN6O/c1-13-2-3-15(10-21-13)17-4-7-24-26(17)18(27)14-5-8-25(9-6-14)19-22-11-16(20)12-23-19/h2-3,7,10-12,14,17H,4-6,8-9H2,1H3. The van der Waals surface area contributed by atoms with Crippen LogP contribution in [0.5, 0.6) is 0 Å². The van der Waals surface area contributed by atoms with Gasteiger partial charge in [-0.25, -0.2) is 19.4 Å². The highest BCUT2D eigenvalue weighted by atomic mass is 19.1. The number of aromatic nitrogens is 3. The number of piperidine rings is 1. The Hall–Kier alpha value is -2.90. The highest BCUT2D eigenvalue weighted by Gasteiger charge is 2.35. The Morgan fingerprint density at radius 3 is 2.52 bits per heavy atom. The van der Waals surface area contributed by atoms with Gasteiger partial charge in [-0.05, 0) is 31.4 Å². The molecule has 0 aromatic carbocycles. The van der Waals surface area contributed by atoms with Gasteiger partial charge < -0.3 is 4.90 Å². The fraction of sp³-hybridized carbons (Fsp3) is 0.421. The van der Waals surface area contributed by atoms with Crippen LogP contribution in [0.25, 0.3) is 0 Å². The van der Waals surface area contributed by atoms with Crippen LogP contribution in [0.15, 0.2) is 35.8 Å². The number of amides is 1. The van der Waals surface area contributed by atoms with Crippen LogP contribution in [-0.4, -0.2) is 45.2 Å². The van der Waals surface area contributed by atoms with E-state index >= 15 is 0 Å². The molecule has 1 atom stereocenters. The Balaban J connectivity index is 1.40. The van der Waals surface area contributed by atoms with Crippen molar-refractivity contribution in [1.29, 1.82) is 0 Å². The number of pyridine rings is 1. The lowest BCUT2D eigenvalue weighted by Gasteiger charge is -2.33. The first kappa shape index (κ1) is 17.5. The van der Waals surface area contributed by atoms with Gasteiger partial charge in [-0.2, -0.15) is 5.10 Å². The van der Waals surface area contributed by atoms with Crippen molar-refractivity contribution in [2.45, 2.75) is 32.2 Å². The van der Waals surface area contributed by atoms with E-state index in [1.807, 2.05) is 30.2 Å². The molecule has 4 heterocycles. The minimum Gasteiger partial charge on any atom is -0.341 e. The molecule has 2 aliphatic rings. The normalized spacial score (nSPS) is 20.3. The van der Waals surface area contributed by atoms with E-state index in [2.05, 4.69) is 20.1 Å². The summed E-state index contributed by atoms with van der Waals surface area (Å²) < 4.78 is 13.0. The van der Waals surface area contributed by atoms with E-state index < -0.39 is 5.82 Å². The van der Waals surface area contributed by atoms with Crippen LogP contribution in [0.3, 0.4) is 0 Å². The lowest BCUT2D eigenvalue weighted by atomic mass is 9.94. The van der Waals surface area contributed by atoms with Crippen LogP contribution in [-0.2, 0) is 4.79 Å². The molecular weight excluding hydrogens is 347 g/mol. The molecule has 2 aromatic heterocycles. The molecule has 7 nitrogen and oxygen atoms in total. The monoisotopic (exact) mass is 368 g/mol. The molecule has 0 spiro atoms. The maximum absolute atomic E-state index is 13.0. The van der Waals surface area contributed by atoms with Crippen LogP contribution < -0.4 is 4.90 Å². The summed E-state index contributed by atoms with van der Waals surface area (Å²) in [7, 11) is 0. The zero-order valence-electron chi connectivity index (χ0n) is 15.1. The minimum absolute atomic E-state index is 0.0500. The predicted octanol–water partition coefficient (Wildman–Crippen LogP) is 2.49. The van der Waals surface area contributed by atoms with Gasteiger partial charge in [-0.3, -0.25) is 9.78 Å². The van der Waals surface area contributed by atoms with Gasteiger partial charge in [0.05, 0.1) is 18.4 Å². The minimum atomic E-state index is -0.452. The first-order chi connectivity index (χ1) is 13.1. The van der Waals surface area contributed by atoms with E-state index in [4.69, 9.17) is 0 Å². The highest BCUT2D eigenvalue weighted by Crippen LogP contribution is 2.31. The second kappa shape index (κ2) is 7.38. The first-order valence-corrected chi connectivity index (χ1v) is 9.12. The third-order valence-electron chi connectivity index (χ3n) is 5.11. The Bertz CT molecular complexity index is 830. The number of nitrogens with zero attached hydrogens (tertiary/aromatic N) is 6. The molecule has 4 rings (SSSR count). The van der Waals surface area contributed by atoms with Crippen molar-refractivity contribution >= 4 is 18.1 Å². The van der Waals surface area contributed by atoms with Crippen molar-refractivity contribution in [2.75, 3.05) is 18.0 Å². The van der Waals surface area contributed by atoms with Gasteiger partial charge in [0.1, 0.15) is 0 Å². The molecule has 0 bridgehead atoms. The topological polar surface area (TPSA) is 74.6 Å². The summed E-state index contributed by atoms with van der Waals surface area (Å²) in [6.45, 7) is 3.27. The molecule has 1 unspecified atom stereocenters. The molecule has 1 saturated heterocycles. The van der Waals surface area contributed by atoms with Gasteiger partial charge in [0.2, 0.25) is 11.9 Å². The van der Waals surface area contributed by atoms with E-state index in [9.17, 15) is 9.18 Å². The molecule has 1 fully saturated rings. The summed E-state index contributed by atoms with van der Waals surface area (Å²) in [5, 5.41) is 5.94. The molecular formula is C19H21FN6O. The highest BCUT2D eigenvalue weighted by molar-refractivity contribution is 5.82. The largest absolute Gasteiger partial charge is 0.341 e. The molecule has 8 heteroatoms. The SMILES string of the molecule is Cc1ccc(C2CC=NN2C(=O)C2CCN(c3ncc(F)cn3)CC2)cn1. The van der Waals surface area contributed by atoms with Crippen LogP contribution in [0.1, 0.15) is 36.6 Å². The van der Waals surface area contributed by atoms with Crippen molar-refractivity contribution < 1.29 is 9.18 Å². The maximum atomic E-state index is 13.0. The van der Waals surface area contributed by atoms with Gasteiger partial charge in [-0.1, -0.05) is 6.07 Å². The molecule has 2 aromatic rings. The maximum Gasteiger partial charge on any atom is 0.246 e. The van der Waals surface area contributed by atoms with Crippen molar-refractivity contribution in [2.24, 2.45) is 11.0 Å². The average molecular weight is 368 g/mol. The number of aryl methyl sites for hydroxylation is 1. The Labute approximate surface area is 156 Å².